The highest BCUT2D eigenvalue weighted by Gasteiger charge is 2.48. The van der Waals surface area contributed by atoms with E-state index in [0.29, 0.717) is 24.9 Å². The molecule has 0 heterocycles. The number of hydrogen-bond donors (Lipinski definition) is 3. The summed E-state index contributed by atoms with van der Waals surface area (Å²) in [6.45, 7) is 4.78. The van der Waals surface area contributed by atoms with E-state index < -0.39 is 17.3 Å². The van der Waals surface area contributed by atoms with Crippen molar-refractivity contribution >= 4 is 11.9 Å². The molecule has 1 aliphatic rings. The second-order valence-corrected chi connectivity index (χ2v) is 10.2. The van der Waals surface area contributed by atoms with E-state index in [9.17, 15) is 14.7 Å². The van der Waals surface area contributed by atoms with Crippen molar-refractivity contribution in [3.8, 4) is 0 Å². The molecule has 3 aromatic carbocycles. The molecule has 0 aromatic heterocycles. The maximum Gasteiger partial charge on any atom is 0.318 e. The predicted molar refractivity (Wildman–Crippen MR) is 149 cm³/mol. The van der Waals surface area contributed by atoms with Gasteiger partial charge in [-0.3, -0.25) is 9.59 Å². The number of carboxylic acids is 1. The van der Waals surface area contributed by atoms with Gasteiger partial charge in [0.15, 0.2) is 0 Å². The number of carbonyl (C=O) groups is 2. The zero-order valence-electron chi connectivity index (χ0n) is 22.4. The summed E-state index contributed by atoms with van der Waals surface area (Å²) in [5.74, 6) is -1.32. The maximum atomic E-state index is 13.0. The van der Waals surface area contributed by atoms with Gasteiger partial charge in [-0.05, 0) is 60.2 Å². The van der Waals surface area contributed by atoms with Gasteiger partial charge in [-0.25, -0.2) is 0 Å². The van der Waals surface area contributed by atoms with E-state index in [-0.39, 0.29) is 17.6 Å². The molecular weight excluding hydrogens is 476 g/mol. The Bertz CT molecular complexity index is 1220. The minimum Gasteiger partial charge on any atom is -0.480 e. The van der Waals surface area contributed by atoms with Gasteiger partial charge in [-0.15, -0.1) is 0 Å². The highest BCUT2D eigenvalue weighted by molar-refractivity contribution is 5.93. The summed E-state index contributed by atoms with van der Waals surface area (Å²) >= 11 is 0. The van der Waals surface area contributed by atoms with Gasteiger partial charge < -0.3 is 20.9 Å². The average molecular weight is 515 g/mol. The fourth-order valence-corrected chi connectivity index (χ4v) is 6.52. The molecule has 0 saturated heterocycles. The standard InChI is InChI=1S/C32H38N2O4/c1-4-31(5-2)26-20-23(29(33)35)17-16-22(26)21-27(38-3)28(31)34-19-18-32(30(36)37,24-12-8-6-9-13-24)25-14-10-7-11-15-25/h6-17,20,27-28,34H,4-5,18-19,21H2,1-3H3,(H2,33,35)(H,36,37)/t27-,28-/m1/s1. The number of methoxy groups -OCH3 is 1. The van der Waals surface area contributed by atoms with Crippen LogP contribution >= 0.6 is 0 Å². The van der Waals surface area contributed by atoms with Crippen molar-refractivity contribution in [1.29, 1.82) is 0 Å². The lowest BCUT2D eigenvalue weighted by molar-refractivity contribution is -0.142. The topological polar surface area (TPSA) is 102 Å². The van der Waals surface area contributed by atoms with Gasteiger partial charge in [0, 0.05) is 30.6 Å². The van der Waals surface area contributed by atoms with Gasteiger partial charge in [0.25, 0.3) is 0 Å². The molecule has 0 bridgehead atoms. The first-order valence-electron chi connectivity index (χ1n) is 13.4. The van der Waals surface area contributed by atoms with Crippen molar-refractivity contribution in [2.75, 3.05) is 13.7 Å². The van der Waals surface area contributed by atoms with Gasteiger partial charge in [-0.2, -0.15) is 0 Å². The van der Waals surface area contributed by atoms with Crippen LogP contribution in [-0.4, -0.2) is 42.8 Å². The number of hydrogen-bond acceptors (Lipinski definition) is 4. The van der Waals surface area contributed by atoms with Crippen LogP contribution in [0.3, 0.4) is 0 Å². The zero-order valence-corrected chi connectivity index (χ0v) is 22.4. The molecule has 0 radical (unpaired) electrons. The molecule has 38 heavy (non-hydrogen) atoms. The molecule has 200 valence electrons. The Morgan fingerprint density at radius 2 is 1.58 bits per heavy atom. The molecule has 0 unspecified atom stereocenters. The molecular formula is C32H38N2O4. The van der Waals surface area contributed by atoms with Crippen molar-refractivity contribution in [3.63, 3.8) is 0 Å². The number of aliphatic carboxylic acids is 1. The Kier molecular flexibility index (Phi) is 8.34. The first-order valence-corrected chi connectivity index (χ1v) is 13.4. The lowest BCUT2D eigenvalue weighted by Crippen LogP contribution is -2.59. The van der Waals surface area contributed by atoms with Gasteiger partial charge in [0.05, 0.1) is 6.10 Å². The van der Waals surface area contributed by atoms with Crippen LogP contribution in [0.4, 0.5) is 0 Å². The smallest absolute Gasteiger partial charge is 0.318 e. The van der Waals surface area contributed by atoms with Crippen molar-refractivity contribution in [1.82, 2.24) is 5.32 Å². The van der Waals surface area contributed by atoms with Gasteiger partial charge in [0.1, 0.15) is 5.41 Å². The summed E-state index contributed by atoms with van der Waals surface area (Å²) in [5.41, 5.74) is 8.43. The van der Waals surface area contributed by atoms with Crippen LogP contribution in [-0.2, 0) is 26.8 Å². The van der Waals surface area contributed by atoms with Crippen molar-refractivity contribution in [2.45, 2.75) is 62.5 Å². The van der Waals surface area contributed by atoms with Crippen LogP contribution in [0.2, 0.25) is 0 Å². The van der Waals surface area contributed by atoms with Crippen LogP contribution < -0.4 is 11.1 Å². The van der Waals surface area contributed by atoms with Crippen molar-refractivity contribution in [3.05, 3.63) is 107 Å². The number of primary amides is 1. The molecule has 6 heteroatoms. The first-order chi connectivity index (χ1) is 18.3. The number of fused-ring (bicyclic) bond motifs is 1. The summed E-state index contributed by atoms with van der Waals surface area (Å²) in [6, 6.07) is 24.6. The Hall–Kier alpha value is -3.48. The number of nitrogens with one attached hydrogen (secondary N) is 1. The third-order valence-corrected chi connectivity index (χ3v) is 8.65. The Morgan fingerprint density at radius 3 is 2.05 bits per heavy atom. The van der Waals surface area contributed by atoms with Crippen LogP contribution in [0, 0.1) is 0 Å². The molecule has 4 rings (SSSR count). The van der Waals surface area contributed by atoms with Gasteiger partial charge in [0.2, 0.25) is 5.91 Å². The lowest BCUT2D eigenvalue weighted by atomic mass is 9.62. The molecule has 1 aliphatic carbocycles. The quantitative estimate of drug-likeness (QED) is 0.340. The van der Waals surface area contributed by atoms with E-state index in [1.807, 2.05) is 72.8 Å². The molecule has 0 fully saturated rings. The van der Waals surface area contributed by atoms with Crippen molar-refractivity contribution in [2.24, 2.45) is 5.73 Å². The van der Waals surface area contributed by atoms with E-state index in [2.05, 4.69) is 19.2 Å². The molecule has 1 amide bonds. The highest BCUT2D eigenvalue weighted by atomic mass is 16.5. The first kappa shape index (κ1) is 27.6. The second-order valence-electron chi connectivity index (χ2n) is 10.2. The molecule has 3 aromatic rings. The molecule has 4 N–H and O–H groups in total. The molecule has 0 aliphatic heterocycles. The van der Waals surface area contributed by atoms with E-state index in [1.54, 1.807) is 13.2 Å². The molecule has 0 spiro atoms. The van der Waals surface area contributed by atoms with E-state index in [0.717, 1.165) is 35.1 Å². The lowest BCUT2D eigenvalue weighted by Gasteiger charge is -2.49. The minimum absolute atomic E-state index is 0.0730. The second kappa shape index (κ2) is 11.5. The van der Waals surface area contributed by atoms with Crippen LogP contribution in [0.25, 0.3) is 0 Å². The summed E-state index contributed by atoms with van der Waals surface area (Å²) in [7, 11) is 1.73. The summed E-state index contributed by atoms with van der Waals surface area (Å²) in [4.78, 5) is 25.1. The Labute approximate surface area is 225 Å². The largest absolute Gasteiger partial charge is 0.480 e. The summed E-state index contributed by atoms with van der Waals surface area (Å²) in [6.07, 6.45) is 2.62. The monoisotopic (exact) mass is 514 g/mol. The van der Waals surface area contributed by atoms with Crippen LogP contribution in [0.5, 0.6) is 0 Å². The van der Waals surface area contributed by atoms with Crippen LogP contribution in [0.1, 0.15) is 65.7 Å². The Morgan fingerprint density at radius 1 is 1.00 bits per heavy atom. The van der Waals surface area contributed by atoms with E-state index in [4.69, 9.17) is 10.5 Å². The Balaban J connectivity index is 1.72. The number of amides is 1. The maximum absolute atomic E-state index is 13.0. The van der Waals surface area contributed by atoms with Gasteiger partial charge >= 0.3 is 5.97 Å². The summed E-state index contributed by atoms with van der Waals surface area (Å²) < 4.78 is 6.03. The average Bonchev–Trinajstić information content (AvgIpc) is 2.95. The molecule has 2 atom stereocenters. The normalized spacial score (nSPS) is 18.5. The highest BCUT2D eigenvalue weighted by Crippen LogP contribution is 2.44. The number of benzene rings is 3. The zero-order chi connectivity index (χ0) is 27.3. The third kappa shape index (κ3) is 4.74. The van der Waals surface area contributed by atoms with E-state index in [1.165, 1.54) is 0 Å². The number of rotatable bonds is 11. The minimum atomic E-state index is -1.20. The number of nitrogens with two attached hydrogens (primary N) is 1. The fourth-order valence-electron chi connectivity index (χ4n) is 6.52. The summed E-state index contributed by atoms with van der Waals surface area (Å²) in [5, 5.41) is 14.4. The SMILES string of the molecule is CCC1(CC)c2cc(C(N)=O)ccc2C[C@@H](OC)[C@H]1NCCC(C(=O)O)(c1ccccc1)c1ccccc1. The van der Waals surface area contributed by atoms with E-state index >= 15 is 0 Å². The number of ether oxygens (including phenoxy) is 1. The number of carboxylic acid groups (broad SMARTS) is 1. The third-order valence-electron chi connectivity index (χ3n) is 8.65. The van der Waals surface area contributed by atoms with Crippen LogP contribution in [0.15, 0.2) is 78.9 Å². The molecule has 0 saturated carbocycles. The number of carbonyl (C=O) groups excluding carboxylic acids is 1. The van der Waals surface area contributed by atoms with Gasteiger partial charge in [-0.1, -0.05) is 80.6 Å². The molecule has 6 nitrogen and oxygen atoms in total. The fraction of sp³-hybridized carbons (Fsp3) is 0.375. The van der Waals surface area contributed by atoms with Crippen molar-refractivity contribution < 1.29 is 19.4 Å². The predicted octanol–water partition coefficient (Wildman–Crippen LogP) is 4.83.